The molecule has 2 heterocycles. The van der Waals surface area contributed by atoms with Crippen LogP contribution in [0.4, 0.5) is 19.0 Å². The minimum Gasteiger partial charge on any atom is -0.307 e. The predicted molar refractivity (Wildman–Crippen MR) is 88.0 cm³/mol. The summed E-state index contributed by atoms with van der Waals surface area (Å²) < 4.78 is 63.8. The number of hydrogen-bond donors (Lipinski definition) is 1. The number of aryl methyl sites for hydroxylation is 1. The van der Waals surface area contributed by atoms with Gasteiger partial charge >= 0.3 is 0 Å². The Balaban J connectivity index is 2.41. The number of amides is 1. The lowest BCUT2D eigenvalue weighted by atomic mass is 10.2. The molecule has 0 aliphatic rings. The van der Waals surface area contributed by atoms with Crippen molar-refractivity contribution in [1.82, 2.24) is 9.97 Å². The van der Waals surface area contributed by atoms with Gasteiger partial charge in [-0.2, -0.15) is 4.39 Å². The van der Waals surface area contributed by atoms with Crippen LogP contribution in [0.1, 0.15) is 19.5 Å². The van der Waals surface area contributed by atoms with Crippen LogP contribution in [0.5, 0.6) is 0 Å². The number of carbonyl (C=O) groups excluding carboxylic acids is 1. The molecule has 1 N–H and O–H groups in total. The Bertz CT molecular complexity index is 980. The van der Waals surface area contributed by atoms with Gasteiger partial charge in [-0.3, -0.25) is 4.79 Å². The van der Waals surface area contributed by atoms with E-state index >= 15 is 0 Å². The number of anilines is 1. The second-order valence-electron chi connectivity index (χ2n) is 5.77. The Labute approximate surface area is 152 Å². The second kappa shape index (κ2) is 6.84. The summed E-state index contributed by atoms with van der Waals surface area (Å²) in [5.41, 5.74) is -0.498. The predicted octanol–water partition coefficient (Wildman–Crippen LogP) is 3.05. The van der Waals surface area contributed by atoms with Crippen molar-refractivity contribution < 1.29 is 26.4 Å². The molecular formula is C15H13ClF3N3O3S. The van der Waals surface area contributed by atoms with E-state index in [-0.39, 0.29) is 10.0 Å². The first-order valence-corrected chi connectivity index (χ1v) is 8.94. The second-order valence-corrected chi connectivity index (χ2v) is 8.66. The highest BCUT2D eigenvalue weighted by atomic mass is 35.5. The molecule has 0 aliphatic heterocycles. The highest BCUT2D eigenvalue weighted by Gasteiger charge is 2.43. The zero-order valence-electron chi connectivity index (χ0n) is 13.8. The summed E-state index contributed by atoms with van der Waals surface area (Å²) in [5, 5.41) is 1.94. The minimum absolute atomic E-state index is 0.0507. The van der Waals surface area contributed by atoms with Crippen LogP contribution < -0.4 is 5.32 Å². The molecule has 11 heteroatoms. The number of pyridine rings is 2. The molecule has 1 amide bonds. The monoisotopic (exact) mass is 407 g/mol. The average Bonchev–Trinajstić information content (AvgIpc) is 2.57. The van der Waals surface area contributed by atoms with E-state index in [9.17, 15) is 26.4 Å². The molecule has 26 heavy (non-hydrogen) atoms. The van der Waals surface area contributed by atoms with Crippen LogP contribution in [0.25, 0.3) is 0 Å². The van der Waals surface area contributed by atoms with Crippen molar-refractivity contribution in [2.45, 2.75) is 30.4 Å². The number of sulfone groups is 1. The Kier molecular flexibility index (Phi) is 5.29. The zero-order valence-corrected chi connectivity index (χ0v) is 15.3. The molecule has 0 saturated carbocycles. The van der Waals surface area contributed by atoms with Crippen LogP contribution in [0, 0.1) is 24.4 Å². The van der Waals surface area contributed by atoms with E-state index in [1.807, 2.05) is 5.32 Å². The molecule has 0 saturated heterocycles. The summed E-state index contributed by atoms with van der Waals surface area (Å²) in [7, 11) is -4.27. The summed E-state index contributed by atoms with van der Waals surface area (Å²) in [6, 6.07) is 2.38. The number of halogens is 4. The maximum absolute atomic E-state index is 13.8. The molecule has 2 rings (SSSR count). The van der Waals surface area contributed by atoms with Crippen LogP contribution in [-0.4, -0.2) is 29.0 Å². The Morgan fingerprint density at radius 1 is 1.15 bits per heavy atom. The molecule has 0 atom stereocenters. The number of rotatable bonds is 4. The highest BCUT2D eigenvalue weighted by Crippen LogP contribution is 2.28. The van der Waals surface area contributed by atoms with Crippen molar-refractivity contribution in [3.63, 3.8) is 0 Å². The summed E-state index contributed by atoms with van der Waals surface area (Å²) in [5.74, 6) is -7.16. The lowest BCUT2D eigenvalue weighted by Gasteiger charge is -2.23. The van der Waals surface area contributed by atoms with Crippen LogP contribution >= 0.6 is 11.6 Å². The topological polar surface area (TPSA) is 89.0 Å². The van der Waals surface area contributed by atoms with E-state index in [0.717, 1.165) is 33.0 Å². The van der Waals surface area contributed by atoms with Crippen molar-refractivity contribution >= 4 is 33.2 Å². The minimum atomic E-state index is -4.27. The SMILES string of the molecule is Cc1nc(NC(=O)C(C)(C)S(=O)(=O)c2ccc(Cl)nc2)c(F)c(F)c1F. The van der Waals surface area contributed by atoms with Crippen LogP contribution in [0.2, 0.25) is 5.15 Å². The Morgan fingerprint density at radius 3 is 2.31 bits per heavy atom. The Morgan fingerprint density at radius 2 is 1.77 bits per heavy atom. The van der Waals surface area contributed by atoms with Gasteiger partial charge in [0.1, 0.15) is 9.90 Å². The molecule has 0 aliphatic carbocycles. The van der Waals surface area contributed by atoms with Gasteiger partial charge < -0.3 is 5.32 Å². The van der Waals surface area contributed by atoms with Gasteiger partial charge in [-0.15, -0.1) is 0 Å². The van der Waals surface area contributed by atoms with Crippen molar-refractivity contribution in [3.05, 3.63) is 46.6 Å². The Hall–Kier alpha value is -2.20. The molecule has 2 aromatic heterocycles. The molecule has 0 aromatic carbocycles. The normalized spacial score (nSPS) is 12.1. The third-order valence-electron chi connectivity index (χ3n) is 3.65. The fourth-order valence-electron chi connectivity index (χ4n) is 1.90. The number of carbonyl (C=O) groups is 1. The van der Waals surface area contributed by atoms with Gasteiger partial charge in [0.2, 0.25) is 11.7 Å². The molecule has 0 spiro atoms. The zero-order chi connectivity index (χ0) is 19.9. The van der Waals surface area contributed by atoms with Gasteiger partial charge in [-0.05, 0) is 32.9 Å². The first kappa shape index (κ1) is 20.1. The van der Waals surface area contributed by atoms with Gasteiger partial charge in [0.15, 0.2) is 27.3 Å². The molecule has 0 unspecified atom stereocenters. The van der Waals surface area contributed by atoms with Gasteiger partial charge in [0.25, 0.3) is 0 Å². The molecule has 0 radical (unpaired) electrons. The van der Waals surface area contributed by atoms with Crippen LogP contribution in [0.15, 0.2) is 23.2 Å². The number of aromatic nitrogens is 2. The quantitative estimate of drug-likeness (QED) is 0.787. The van der Waals surface area contributed by atoms with Crippen molar-refractivity contribution in [1.29, 1.82) is 0 Å². The largest absolute Gasteiger partial charge is 0.307 e. The third-order valence-corrected chi connectivity index (χ3v) is 6.27. The van der Waals surface area contributed by atoms with Gasteiger partial charge in [-0.1, -0.05) is 11.6 Å². The van der Waals surface area contributed by atoms with Crippen molar-refractivity contribution in [2.24, 2.45) is 0 Å². The molecule has 6 nitrogen and oxygen atoms in total. The van der Waals surface area contributed by atoms with E-state index in [1.165, 1.54) is 6.07 Å². The fraction of sp³-hybridized carbons (Fsp3) is 0.267. The van der Waals surface area contributed by atoms with Gasteiger partial charge in [-0.25, -0.2) is 27.2 Å². The molecule has 0 fully saturated rings. The number of nitrogens with one attached hydrogen (secondary N) is 1. The summed E-state index contributed by atoms with van der Waals surface area (Å²) in [4.78, 5) is 19.2. The molecular weight excluding hydrogens is 395 g/mol. The van der Waals surface area contributed by atoms with Crippen molar-refractivity contribution in [3.8, 4) is 0 Å². The third kappa shape index (κ3) is 3.38. The highest BCUT2D eigenvalue weighted by molar-refractivity contribution is 7.93. The average molecular weight is 408 g/mol. The summed E-state index contributed by atoms with van der Waals surface area (Å²) >= 11 is 5.60. The molecule has 2 aromatic rings. The fourth-order valence-corrected chi connectivity index (χ4v) is 3.34. The van der Waals surface area contributed by atoms with Crippen LogP contribution in [-0.2, 0) is 14.6 Å². The van der Waals surface area contributed by atoms with Crippen molar-refractivity contribution in [2.75, 3.05) is 5.32 Å². The first-order chi connectivity index (χ1) is 11.9. The lowest BCUT2D eigenvalue weighted by molar-refractivity contribution is -0.117. The molecule has 140 valence electrons. The van der Waals surface area contributed by atoms with E-state index < -0.39 is 49.5 Å². The first-order valence-electron chi connectivity index (χ1n) is 7.08. The van der Waals surface area contributed by atoms with Crippen LogP contribution in [0.3, 0.4) is 0 Å². The lowest BCUT2D eigenvalue weighted by Crippen LogP contribution is -2.44. The smallest absolute Gasteiger partial charge is 0.246 e. The van der Waals surface area contributed by atoms with E-state index in [1.54, 1.807) is 0 Å². The van der Waals surface area contributed by atoms with Gasteiger partial charge in [0, 0.05) is 6.20 Å². The maximum atomic E-state index is 13.8. The summed E-state index contributed by atoms with van der Waals surface area (Å²) in [6.07, 6.45) is 0.966. The number of nitrogens with zero attached hydrogens (tertiary/aromatic N) is 2. The number of hydrogen-bond acceptors (Lipinski definition) is 5. The van der Waals surface area contributed by atoms with E-state index in [0.29, 0.717) is 0 Å². The maximum Gasteiger partial charge on any atom is 0.246 e. The van der Waals surface area contributed by atoms with E-state index in [2.05, 4.69) is 9.97 Å². The standard InChI is InChI=1S/C15H13ClF3N3O3S/c1-7-10(17)11(18)12(19)13(21-7)22-14(23)15(2,3)26(24,25)8-4-5-9(16)20-6-8/h4-6H,1-3H3,(H,21,22,23). The molecule has 0 bridgehead atoms. The van der Waals surface area contributed by atoms with E-state index in [4.69, 9.17) is 11.6 Å². The van der Waals surface area contributed by atoms with Gasteiger partial charge in [0.05, 0.1) is 10.6 Å². The summed E-state index contributed by atoms with van der Waals surface area (Å²) in [6.45, 7) is 3.20.